The number of H-pyrrole nitrogens is 1. The van der Waals surface area contributed by atoms with Crippen LogP contribution in [-0.4, -0.2) is 24.9 Å². The quantitative estimate of drug-likeness (QED) is 0.680. The molecule has 0 aromatic carbocycles. The van der Waals surface area contributed by atoms with E-state index in [0.717, 1.165) is 18.7 Å². The Morgan fingerprint density at radius 1 is 1.47 bits per heavy atom. The van der Waals surface area contributed by atoms with Gasteiger partial charge in [-0.25, -0.2) is 13.4 Å². The number of nitrogens with one attached hydrogen (secondary N) is 3. The van der Waals surface area contributed by atoms with Crippen LogP contribution >= 0.6 is 11.3 Å². The van der Waals surface area contributed by atoms with Crippen LogP contribution in [0.2, 0.25) is 0 Å². The summed E-state index contributed by atoms with van der Waals surface area (Å²) in [6.07, 6.45) is 4.08. The molecule has 19 heavy (non-hydrogen) atoms. The van der Waals surface area contributed by atoms with Crippen molar-refractivity contribution < 1.29 is 8.42 Å². The summed E-state index contributed by atoms with van der Waals surface area (Å²) in [4.78, 5) is 7.07. The lowest BCUT2D eigenvalue weighted by Crippen LogP contribution is -2.14. The zero-order valence-corrected chi connectivity index (χ0v) is 12.1. The Morgan fingerprint density at radius 3 is 3.00 bits per heavy atom. The molecule has 6 nitrogen and oxygen atoms in total. The maximum absolute atomic E-state index is 12.1. The smallest absolute Gasteiger partial charge is 0.265 e. The van der Waals surface area contributed by atoms with Gasteiger partial charge in [-0.2, -0.15) is 0 Å². The van der Waals surface area contributed by atoms with Crippen LogP contribution in [-0.2, 0) is 16.6 Å². The van der Waals surface area contributed by atoms with Gasteiger partial charge in [0.15, 0.2) is 5.13 Å². The molecular formula is C11H16N4O2S2. The summed E-state index contributed by atoms with van der Waals surface area (Å²) in [5, 5.41) is 5.29. The van der Waals surface area contributed by atoms with E-state index >= 15 is 0 Å². The Bertz CT molecular complexity index is 604. The normalized spacial score (nSPS) is 11.6. The predicted molar refractivity (Wildman–Crippen MR) is 75.7 cm³/mol. The molecule has 0 radical (unpaired) electrons. The Kier molecular flexibility index (Phi) is 4.56. The number of anilines is 1. The highest BCUT2D eigenvalue weighted by Gasteiger charge is 2.17. The summed E-state index contributed by atoms with van der Waals surface area (Å²) in [5.74, 6) is 0. The van der Waals surface area contributed by atoms with E-state index in [-0.39, 0.29) is 4.90 Å². The molecule has 0 aliphatic rings. The van der Waals surface area contributed by atoms with Crippen molar-refractivity contribution in [2.24, 2.45) is 0 Å². The van der Waals surface area contributed by atoms with E-state index < -0.39 is 10.0 Å². The van der Waals surface area contributed by atoms with Crippen molar-refractivity contribution in [1.82, 2.24) is 15.3 Å². The maximum atomic E-state index is 12.1. The third-order valence-corrected chi connectivity index (χ3v) is 4.56. The van der Waals surface area contributed by atoms with Gasteiger partial charge in [0.25, 0.3) is 10.0 Å². The van der Waals surface area contributed by atoms with E-state index in [0.29, 0.717) is 11.7 Å². The lowest BCUT2D eigenvalue weighted by molar-refractivity contribution is 0.601. The first-order valence-corrected chi connectivity index (χ1v) is 8.28. The summed E-state index contributed by atoms with van der Waals surface area (Å²) in [6, 6.07) is 1.62. The SMILES string of the molecule is CCCNCc1cc(S(=O)(=O)Nc2nccs2)c[nH]1. The fraction of sp³-hybridized carbons (Fsp3) is 0.364. The van der Waals surface area contributed by atoms with E-state index in [2.05, 4.69) is 26.9 Å². The molecule has 104 valence electrons. The first-order chi connectivity index (χ1) is 9.12. The molecule has 0 bridgehead atoms. The van der Waals surface area contributed by atoms with E-state index in [9.17, 15) is 8.42 Å². The third-order valence-electron chi connectivity index (χ3n) is 2.42. The maximum Gasteiger partial charge on any atom is 0.265 e. The number of hydrogen-bond donors (Lipinski definition) is 3. The fourth-order valence-corrected chi connectivity index (χ4v) is 3.33. The van der Waals surface area contributed by atoms with Crippen molar-refractivity contribution in [1.29, 1.82) is 0 Å². The second-order valence-electron chi connectivity index (χ2n) is 3.98. The van der Waals surface area contributed by atoms with E-state index in [1.807, 2.05) is 0 Å². The van der Waals surface area contributed by atoms with Crippen LogP contribution in [0.25, 0.3) is 0 Å². The van der Waals surface area contributed by atoms with Crippen molar-refractivity contribution in [3.8, 4) is 0 Å². The first kappa shape index (κ1) is 14.0. The number of nitrogens with zero attached hydrogens (tertiary/aromatic N) is 1. The van der Waals surface area contributed by atoms with Gasteiger partial charge in [0.1, 0.15) is 4.90 Å². The second kappa shape index (κ2) is 6.18. The highest BCUT2D eigenvalue weighted by molar-refractivity contribution is 7.93. The molecule has 0 spiro atoms. The number of sulfonamides is 1. The highest BCUT2D eigenvalue weighted by atomic mass is 32.2. The molecule has 3 N–H and O–H groups in total. The molecule has 2 rings (SSSR count). The number of aromatic amines is 1. The lowest BCUT2D eigenvalue weighted by Gasteiger charge is -2.02. The number of hydrogen-bond acceptors (Lipinski definition) is 5. The van der Waals surface area contributed by atoms with Crippen LogP contribution in [0.3, 0.4) is 0 Å². The number of thiazole rings is 1. The minimum atomic E-state index is -3.55. The number of rotatable bonds is 7. The monoisotopic (exact) mass is 300 g/mol. The second-order valence-corrected chi connectivity index (χ2v) is 6.56. The zero-order chi connectivity index (χ0) is 13.7. The van der Waals surface area contributed by atoms with E-state index in [1.165, 1.54) is 17.5 Å². The third kappa shape index (κ3) is 3.79. The summed E-state index contributed by atoms with van der Waals surface area (Å²) < 4.78 is 26.6. The molecule has 2 heterocycles. The fourth-order valence-electron chi connectivity index (χ4n) is 1.52. The molecule has 0 atom stereocenters. The summed E-state index contributed by atoms with van der Waals surface area (Å²) in [7, 11) is -3.55. The van der Waals surface area contributed by atoms with Crippen LogP contribution in [0.4, 0.5) is 5.13 Å². The van der Waals surface area contributed by atoms with Gasteiger partial charge in [-0.05, 0) is 19.0 Å². The van der Waals surface area contributed by atoms with Gasteiger partial charge in [-0.1, -0.05) is 6.92 Å². The van der Waals surface area contributed by atoms with Gasteiger partial charge in [0.2, 0.25) is 0 Å². The van der Waals surface area contributed by atoms with Crippen LogP contribution in [0.15, 0.2) is 28.7 Å². The molecule has 0 amide bonds. The molecule has 0 aliphatic heterocycles. The largest absolute Gasteiger partial charge is 0.363 e. The minimum absolute atomic E-state index is 0.219. The molecule has 0 fully saturated rings. The molecule has 0 aliphatic carbocycles. The lowest BCUT2D eigenvalue weighted by atomic mass is 10.4. The average Bonchev–Trinajstić information content (AvgIpc) is 3.00. The minimum Gasteiger partial charge on any atom is -0.363 e. The Hall–Kier alpha value is -1.38. The van der Waals surface area contributed by atoms with Crippen LogP contribution in [0.1, 0.15) is 19.0 Å². The molecule has 2 aromatic heterocycles. The molecule has 8 heteroatoms. The van der Waals surface area contributed by atoms with E-state index in [4.69, 9.17) is 0 Å². The van der Waals surface area contributed by atoms with Crippen molar-refractivity contribution in [3.63, 3.8) is 0 Å². The van der Waals surface area contributed by atoms with Crippen LogP contribution < -0.4 is 10.0 Å². The Labute approximate surface area is 116 Å². The Balaban J connectivity index is 2.04. The van der Waals surface area contributed by atoms with Gasteiger partial charge in [0, 0.05) is 30.0 Å². The van der Waals surface area contributed by atoms with Gasteiger partial charge < -0.3 is 10.3 Å². The molecule has 0 saturated carbocycles. The van der Waals surface area contributed by atoms with Gasteiger partial charge in [-0.15, -0.1) is 11.3 Å². The van der Waals surface area contributed by atoms with Gasteiger partial charge in [-0.3, -0.25) is 4.72 Å². The highest BCUT2D eigenvalue weighted by Crippen LogP contribution is 2.18. The zero-order valence-electron chi connectivity index (χ0n) is 10.5. The van der Waals surface area contributed by atoms with Crippen molar-refractivity contribution in [2.75, 3.05) is 11.3 Å². The first-order valence-electron chi connectivity index (χ1n) is 5.92. The standard InChI is InChI=1S/C11H16N4O2S2/c1-2-3-12-7-9-6-10(8-14-9)19(16,17)15-11-13-4-5-18-11/h4-6,8,12,14H,2-3,7H2,1H3,(H,13,15). The van der Waals surface area contributed by atoms with E-state index in [1.54, 1.807) is 17.6 Å². The molecule has 2 aromatic rings. The van der Waals surface area contributed by atoms with Crippen LogP contribution in [0.5, 0.6) is 0 Å². The van der Waals surface area contributed by atoms with Crippen molar-refractivity contribution in [3.05, 3.63) is 29.5 Å². The summed E-state index contributed by atoms with van der Waals surface area (Å²) in [5.41, 5.74) is 0.841. The van der Waals surface area contributed by atoms with Gasteiger partial charge in [0.05, 0.1) is 0 Å². The molecular weight excluding hydrogens is 284 g/mol. The van der Waals surface area contributed by atoms with Crippen molar-refractivity contribution in [2.45, 2.75) is 24.8 Å². The molecule has 0 unspecified atom stereocenters. The number of aromatic nitrogens is 2. The topological polar surface area (TPSA) is 86.9 Å². The summed E-state index contributed by atoms with van der Waals surface area (Å²) in [6.45, 7) is 3.61. The Morgan fingerprint density at radius 2 is 2.32 bits per heavy atom. The summed E-state index contributed by atoms with van der Waals surface area (Å²) >= 11 is 1.24. The predicted octanol–water partition coefficient (Wildman–Crippen LogP) is 1.77. The average molecular weight is 300 g/mol. The van der Waals surface area contributed by atoms with Crippen LogP contribution in [0, 0.1) is 0 Å². The van der Waals surface area contributed by atoms with Gasteiger partial charge >= 0.3 is 0 Å². The van der Waals surface area contributed by atoms with Crippen molar-refractivity contribution >= 4 is 26.5 Å². The molecule has 0 saturated heterocycles.